The number of fused-ring (bicyclic) bond motifs is 1. The summed E-state index contributed by atoms with van der Waals surface area (Å²) in [6.45, 7) is 3.22. The van der Waals surface area contributed by atoms with E-state index in [0.29, 0.717) is 17.0 Å². The van der Waals surface area contributed by atoms with Crippen molar-refractivity contribution in [1.82, 2.24) is 0 Å². The Bertz CT molecular complexity index is 1190. The number of nitrogens with one attached hydrogen (secondary N) is 2. The fourth-order valence-electron chi connectivity index (χ4n) is 2.56. The summed E-state index contributed by atoms with van der Waals surface area (Å²) < 4.78 is 19.0. The number of aryl methyl sites for hydroxylation is 1. The van der Waals surface area contributed by atoms with Gasteiger partial charge in [-0.3, -0.25) is 15.4 Å². The Morgan fingerprint density at radius 3 is 2.09 bits per heavy atom. The fourth-order valence-corrected chi connectivity index (χ4v) is 2.56. The lowest BCUT2D eigenvalue weighted by atomic mass is 10.1. The second-order valence-corrected chi connectivity index (χ2v) is 6.67. The topological polar surface area (TPSA) is 133 Å². The van der Waals surface area contributed by atoms with E-state index in [9.17, 15) is 19.2 Å². The van der Waals surface area contributed by atoms with Crippen LogP contribution in [0.25, 0.3) is 11.0 Å². The Labute approximate surface area is 189 Å². The molecule has 0 unspecified atom stereocenters. The smallest absolute Gasteiger partial charge is 0.411 e. The van der Waals surface area contributed by atoms with Crippen LogP contribution in [0.3, 0.4) is 0 Å². The summed E-state index contributed by atoms with van der Waals surface area (Å²) in [5, 5.41) is 5.91. The molecule has 0 spiro atoms. The van der Waals surface area contributed by atoms with Gasteiger partial charge in [0.15, 0.2) is 0 Å². The van der Waals surface area contributed by atoms with E-state index in [1.165, 1.54) is 27.2 Å². The number of hydrogen-bond acceptors (Lipinski definition) is 8. The van der Waals surface area contributed by atoms with Gasteiger partial charge in [-0.15, -0.1) is 0 Å². The van der Waals surface area contributed by atoms with E-state index in [4.69, 9.17) is 9.15 Å². The highest BCUT2D eigenvalue weighted by atomic mass is 16.5. The van der Waals surface area contributed by atoms with E-state index in [1.54, 1.807) is 42.5 Å². The molecule has 0 radical (unpaired) electrons. The number of carbonyl (C=O) groups is 3. The summed E-state index contributed by atoms with van der Waals surface area (Å²) in [4.78, 5) is 44.2. The molecule has 2 amide bonds. The summed E-state index contributed by atoms with van der Waals surface area (Å²) in [6.07, 6.45) is -1.21. The van der Waals surface area contributed by atoms with E-state index in [1.807, 2.05) is 6.92 Å². The summed E-state index contributed by atoms with van der Waals surface area (Å²) in [5.74, 6) is -0.245. The molecule has 0 fully saturated rings. The summed E-state index contributed by atoms with van der Waals surface area (Å²) >= 11 is 0. The van der Waals surface area contributed by atoms with Gasteiger partial charge >= 0.3 is 23.8 Å². The molecule has 0 aliphatic heterocycles. The normalized spacial score (nSPS) is 9.82. The van der Waals surface area contributed by atoms with Gasteiger partial charge in [-0.1, -0.05) is 12.1 Å². The van der Waals surface area contributed by atoms with Crippen molar-refractivity contribution in [1.29, 1.82) is 0 Å². The number of amides is 2. The molecule has 2 N–H and O–H groups in total. The van der Waals surface area contributed by atoms with Gasteiger partial charge in [-0.25, -0.2) is 14.4 Å². The summed E-state index contributed by atoms with van der Waals surface area (Å²) in [7, 11) is 2.63. The molecular formula is C23H24N2O8. The zero-order valence-corrected chi connectivity index (χ0v) is 18.6. The van der Waals surface area contributed by atoms with E-state index in [0.717, 1.165) is 16.5 Å². The third kappa shape index (κ3) is 8.02. The highest BCUT2D eigenvalue weighted by Gasteiger charge is 2.08. The number of carbonyl (C=O) groups excluding carboxylic acids is 3. The van der Waals surface area contributed by atoms with E-state index >= 15 is 0 Å². The van der Waals surface area contributed by atoms with Crippen LogP contribution in [-0.2, 0) is 25.6 Å². The highest BCUT2D eigenvalue weighted by Crippen LogP contribution is 2.21. The first kappa shape index (κ1) is 24.9. The van der Waals surface area contributed by atoms with Crippen LogP contribution in [0.15, 0.2) is 57.7 Å². The SMILES string of the molecule is COC(=O)Nc1ccc(COC(=O)Nc2ccc3c(C)cc(=O)oc3c2)cc1.COC(C)=O. The van der Waals surface area contributed by atoms with Crippen LogP contribution in [0, 0.1) is 6.92 Å². The quantitative estimate of drug-likeness (QED) is 0.339. The average Bonchev–Trinajstić information content (AvgIpc) is 2.78. The first-order valence-corrected chi connectivity index (χ1v) is 9.68. The van der Waals surface area contributed by atoms with Crippen molar-refractivity contribution in [3.8, 4) is 0 Å². The Morgan fingerprint density at radius 1 is 0.879 bits per heavy atom. The predicted molar refractivity (Wildman–Crippen MR) is 121 cm³/mol. The van der Waals surface area contributed by atoms with Crippen LogP contribution >= 0.6 is 0 Å². The van der Waals surface area contributed by atoms with Crippen molar-refractivity contribution in [2.75, 3.05) is 24.9 Å². The zero-order valence-electron chi connectivity index (χ0n) is 18.6. The lowest BCUT2D eigenvalue weighted by Gasteiger charge is -2.09. The number of benzene rings is 2. The average molecular weight is 456 g/mol. The molecule has 1 heterocycles. The fraction of sp³-hybridized carbons (Fsp3) is 0.217. The molecule has 3 aromatic rings. The molecule has 174 valence electrons. The monoisotopic (exact) mass is 456 g/mol. The van der Waals surface area contributed by atoms with Crippen molar-refractivity contribution in [3.05, 3.63) is 70.1 Å². The molecule has 0 aliphatic rings. The number of hydrogen-bond donors (Lipinski definition) is 2. The molecule has 33 heavy (non-hydrogen) atoms. The van der Waals surface area contributed by atoms with Crippen molar-refractivity contribution in [2.45, 2.75) is 20.5 Å². The molecule has 1 aromatic heterocycles. The number of rotatable bonds is 4. The first-order valence-electron chi connectivity index (χ1n) is 9.68. The Hall–Kier alpha value is -4.34. The molecule has 10 nitrogen and oxygen atoms in total. The molecule has 10 heteroatoms. The zero-order chi connectivity index (χ0) is 24.4. The van der Waals surface area contributed by atoms with Gasteiger partial charge in [0, 0.05) is 35.8 Å². The van der Waals surface area contributed by atoms with Crippen LogP contribution < -0.4 is 16.3 Å². The number of esters is 1. The number of methoxy groups -OCH3 is 2. The standard InChI is InChI=1S/C20H18N2O6.C3H6O2/c1-12-9-18(23)28-17-10-15(7-8-16(12)17)22-20(25)27-11-13-3-5-14(6-4-13)21-19(24)26-2;1-3(4)5-2/h3-10H,11H2,1-2H3,(H,21,24)(H,22,25);1-2H3. The van der Waals surface area contributed by atoms with Gasteiger partial charge in [0.05, 0.1) is 14.2 Å². The van der Waals surface area contributed by atoms with Gasteiger partial charge in [0.2, 0.25) is 0 Å². The minimum absolute atomic E-state index is 0.0477. The third-order valence-electron chi connectivity index (χ3n) is 4.24. The van der Waals surface area contributed by atoms with Crippen LogP contribution in [0.5, 0.6) is 0 Å². The lowest BCUT2D eigenvalue weighted by molar-refractivity contribution is -0.137. The Morgan fingerprint density at radius 2 is 1.48 bits per heavy atom. The van der Waals surface area contributed by atoms with Gasteiger partial charge < -0.3 is 18.6 Å². The van der Waals surface area contributed by atoms with Gasteiger partial charge in [-0.05, 0) is 42.3 Å². The molecule has 3 rings (SSSR count). The van der Waals surface area contributed by atoms with Crippen LogP contribution in [0.4, 0.5) is 21.0 Å². The van der Waals surface area contributed by atoms with Gasteiger partial charge in [0.25, 0.3) is 0 Å². The van der Waals surface area contributed by atoms with Crippen LogP contribution in [0.1, 0.15) is 18.1 Å². The maximum atomic E-state index is 12.0. The second kappa shape index (κ2) is 11.9. The van der Waals surface area contributed by atoms with E-state index < -0.39 is 17.8 Å². The lowest BCUT2D eigenvalue weighted by Crippen LogP contribution is -2.14. The van der Waals surface area contributed by atoms with Crippen molar-refractivity contribution in [3.63, 3.8) is 0 Å². The molecular weight excluding hydrogens is 432 g/mol. The molecule has 0 bridgehead atoms. The van der Waals surface area contributed by atoms with Crippen molar-refractivity contribution >= 4 is 40.5 Å². The molecule has 0 atom stereocenters. The van der Waals surface area contributed by atoms with E-state index in [2.05, 4.69) is 20.1 Å². The maximum absolute atomic E-state index is 12.0. The second-order valence-electron chi connectivity index (χ2n) is 6.67. The minimum atomic E-state index is -0.647. The maximum Gasteiger partial charge on any atom is 0.411 e. The third-order valence-corrected chi connectivity index (χ3v) is 4.24. The van der Waals surface area contributed by atoms with Crippen LogP contribution in [0.2, 0.25) is 0 Å². The molecule has 0 saturated heterocycles. The van der Waals surface area contributed by atoms with Gasteiger partial charge in [-0.2, -0.15) is 0 Å². The van der Waals surface area contributed by atoms with Crippen molar-refractivity contribution < 1.29 is 33.0 Å². The Balaban J connectivity index is 0.000000696. The Kier molecular flexibility index (Phi) is 8.98. The largest absolute Gasteiger partial charge is 0.469 e. The highest BCUT2D eigenvalue weighted by molar-refractivity contribution is 5.90. The number of ether oxygens (including phenoxy) is 3. The molecule has 0 aliphatic carbocycles. The van der Waals surface area contributed by atoms with Gasteiger partial charge in [0.1, 0.15) is 12.2 Å². The van der Waals surface area contributed by atoms with Crippen LogP contribution in [-0.4, -0.2) is 32.4 Å². The number of anilines is 2. The summed E-state index contributed by atoms with van der Waals surface area (Å²) in [6, 6.07) is 13.2. The summed E-state index contributed by atoms with van der Waals surface area (Å²) in [5.41, 5.74) is 2.49. The minimum Gasteiger partial charge on any atom is -0.469 e. The van der Waals surface area contributed by atoms with E-state index in [-0.39, 0.29) is 12.6 Å². The molecule has 0 saturated carbocycles. The molecule has 2 aromatic carbocycles. The first-order chi connectivity index (χ1) is 15.7. The van der Waals surface area contributed by atoms with Crippen molar-refractivity contribution in [2.24, 2.45) is 0 Å². The predicted octanol–water partition coefficient (Wildman–Crippen LogP) is 4.21.